The summed E-state index contributed by atoms with van der Waals surface area (Å²) >= 11 is 12.9. The van der Waals surface area contributed by atoms with E-state index in [4.69, 9.17) is 30.5 Å². The Morgan fingerprint density at radius 1 is 0.862 bits per heavy atom. The van der Waals surface area contributed by atoms with E-state index >= 15 is 0 Å². The van der Waals surface area contributed by atoms with Gasteiger partial charge in [0.25, 0.3) is 0 Å². The molecule has 2 aromatic rings. The lowest BCUT2D eigenvalue weighted by atomic mass is 10.1. The van der Waals surface area contributed by atoms with Crippen LogP contribution in [-0.2, 0) is 20.1 Å². The highest BCUT2D eigenvalue weighted by Gasteiger charge is 2.16. The van der Waals surface area contributed by atoms with Crippen LogP contribution in [-0.4, -0.2) is 39.4 Å². The van der Waals surface area contributed by atoms with E-state index in [2.05, 4.69) is 31.9 Å². The molecule has 0 heterocycles. The van der Waals surface area contributed by atoms with Crippen molar-refractivity contribution in [2.75, 3.05) is 27.4 Å². The van der Waals surface area contributed by atoms with E-state index in [-0.39, 0.29) is 13.2 Å². The van der Waals surface area contributed by atoms with Crippen LogP contribution in [0.4, 0.5) is 0 Å². The predicted molar refractivity (Wildman–Crippen MR) is 117 cm³/mol. The second kappa shape index (κ2) is 11.4. The first kappa shape index (κ1) is 23.5. The minimum absolute atomic E-state index is 0.215. The largest absolute Gasteiger partial charge is 0.490 e. The van der Waals surface area contributed by atoms with Crippen LogP contribution >= 0.6 is 43.5 Å². The number of ether oxygens (including phenoxy) is 4. The van der Waals surface area contributed by atoms with Crippen molar-refractivity contribution < 1.29 is 28.5 Å². The van der Waals surface area contributed by atoms with E-state index in [1.165, 1.54) is 20.3 Å². The van der Waals surface area contributed by atoms with E-state index in [9.17, 15) is 9.59 Å². The van der Waals surface area contributed by atoms with Gasteiger partial charge in [0.1, 0.15) is 24.7 Å². The standard InChI is InChI=1S/C20H19Br2ClO6/c1-26-19(24)15-8-14(4-3-12(15)10-21)28-5-6-29-18-7-13(11-22)16(9-17(18)23)20(25)27-2/h3-4,7-9H,5-6,10-11H2,1-2H3. The summed E-state index contributed by atoms with van der Waals surface area (Å²) in [5.74, 6) is 0.0553. The zero-order valence-corrected chi connectivity index (χ0v) is 19.7. The van der Waals surface area contributed by atoms with Gasteiger partial charge >= 0.3 is 11.9 Å². The molecule has 6 nitrogen and oxygen atoms in total. The first-order valence-corrected chi connectivity index (χ1v) is 11.1. The fourth-order valence-electron chi connectivity index (χ4n) is 2.49. The quantitative estimate of drug-likeness (QED) is 0.244. The van der Waals surface area contributed by atoms with Gasteiger partial charge in [0.05, 0.1) is 30.4 Å². The summed E-state index contributed by atoms with van der Waals surface area (Å²) < 4.78 is 20.9. The minimum atomic E-state index is -0.468. The van der Waals surface area contributed by atoms with Crippen molar-refractivity contribution in [1.29, 1.82) is 0 Å². The van der Waals surface area contributed by atoms with Crippen molar-refractivity contribution in [3.63, 3.8) is 0 Å². The Bertz CT molecular complexity index is 888. The topological polar surface area (TPSA) is 71.1 Å². The molecule has 0 bridgehead atoms. The Hall–Kier alpha value is -1.77. The maximum Gasteiger partial charge on any atom is 0.338 e. The molecule has 2 rings (SSSR count). The van der Waals surface area contributed by atoms with E-state index in [1.807, 2.05) is 0 Å². The number of benzene rings is 2. The van der Waals surface area contributed by atoms with Gasteiger partial charge in [-0.1, -0.05) is 49.5 Å². The number of rotatable bonds is 9. The van der Waals surface area contributed by atoms with Gasteiger partial charge in [0, 0.05) is 10.7 Å². The second-order valence-electron chi connectivity index (χ2n) is 5.71. The Balaban J connectivity index is 2.02. The Kier molecular flexibility index (Phi) is 9.26. The summed E-state index contributed by atoms with van der Waals surface area (Å²) in [5.41, 5.74) is 2.32. The molecule has 0 aliphatic carbocycles. The Morgan fingerprint density at radius 2 is 1.45 bits per heavy atom. The van der Waals surface area contributed by atoms with Gasteiger partial charge in [0.2, 0.25) is 0 Å². The highest BCUT2D eigenvalue weighted by molar-refractivity contribution is 9.08. The molecule has 29 heavy (non-hydrogen) atoms. The number of carbonyl (C=O) groups is 2. The van der Waals surface area contributed by atoms with Gasteiger partial charge in [-0.3, -0.25) is 0 Å². The molecule has 0 saturated heterocycles. The monoisotopic (exact) mass is 548 g/mol. The molecular weight excluding hydrogens is 531 g/mol. The fraction of sp³-hybridized carbons (Fsp3) is 0.300. The third kappa shape index (κ3) is 6.10. The van der Waals surface area contributed by atoms with Crippen molar-refractivity contribution >= 4 is 55.4 Å². The van der Waals surface area contributed by atoms with Crippen LogP contribution in [0.15, 0.2) is 30.3 Å². The first-order valence-electron chi connectivity index (χ1n) is 8.44. The molecule has 0 unspecified atom stereocenters. The Labute approximate surface area is 190 Å². The summed E-state index contributed by atoms with van der Waals surface area (Å²) in [5, 5.41) is 1.26. The van der Waals surface area contributed by atoms with Gasteiger partial charge in [-0.15, -0.1) is 0 Å². The lowest BCUT2D eigenvalue weighted by Crippen LogP contribution is -2.11. The summed E-state index contributed by atoms with van der Waals surface area (Å²) in [4.78, 5) is 23.7. The highest BCUT2D eigenvalue weighted by Crippen LogP contribution is 2.30. The highest BCUT2D eigenvalue weighted by atomic mass is 79.9. The maximum absolute atomic E-state index is 11.9. The minimum Gasteiger partial charge on any atom is -0.490 e. The molecule has 0 N–H and O–H groups in total. The van der Waals surface area contributed by atoms with Gasteiger partial charge < -0.3 is 18.9 Å². The van der Waals surface area contributed by atoms with Crippen LogP contribution in [0, 0.1) is 0 Å². The van der Waals surface area contributed by atoms with Crippen LogP contribution in [0.3, 0.4) is 0 Å². The number of carbonyl (C=O) groups excluding carboxylic acids is 2. The van der Waals surface area contributed by atoms with E-state index in [0.29, 0.717) is 43.9 Å². The van der Waals surface area contributed by atoms with Crippen LogP contribution in [0.5, 0.6) is 11.5 Å². The van der Waals surface area contributed by atoms with Crippen molar-refractivity contribution in [2.45, 2.75) is 10.7 Å². The lowest BCUT2D eigenvalue weighted by Gasteiger charge is -2.13. The van der Waals surface area contributed by atoms with Crippen LogP contribution in [0.1, 0.15) is 31.8 Å². The van der Waals surface area contributed by atoms with Crippen molar-refractivity contribution in [3.8, 4) is 11.5 Å². The fourth-order valence-corrected chi connectivity index (χ4v) is 3.66. The molecule has 0 aliphatic rings. The SMILES string of the molecule is COC(=O)c1cc(OCCOc2cc(CBr)c(C(=O)OC)cc2Cl)ccc1CBr. The zero-order valence-electron chi connectivity index (χ0n) is 15.8. The van der Waals surface area contributed by atoms with Gasteiger partial charge in [-0.2, -0.15) is 0 Å². The molecule has 0 saturated carbocycles. The molecule has 0 aliphatic heterocycles. The van der Waals surface area contributed by atoms with E-state index in [1.54, 1.807) is 24.3 Å². The van der Waals surface area contributed by atoms with Crippen molar-refractivity contribution in [3.05, 3.63) is 57.6 Å². The normalized spacial score (nSPS) is 10.4. The third-order valence-electron chi connectivity index (χ3n) is 3.95. The van der Waals surface area contributed by atoms with Crippen LogP contribution < -0.4 is 9.47 Å². The summed E-state index contributed by atoms with van der Waals surface area (Å²) in [6.45, 7) is 0.444. The molecule has 156 valence electrons. The number of esters is 2. The number of alkyl halides is 2. The third-order valence-corrected chi connectivity index (χ3v) is 5.45. The zero-order chi connectivity index (χ0) is 21.4. The van der Waals surface area contributed by atoms with E-state index in [0.717, 1.165) is 5.56 Å². The molecule has 0 fully saturated rings. The van der Waals surface area contributed by atoms with Crippen molar-refractivity contribution in [1.82, 2.24) is 0 Å². The molecule has 0 spiro atoms. The number of hydrogen-bond acceptors (Lipinski definition) is 6. The molecule has 0 amide bonds. The molecule has 9 heteroatoms. The van der Waals surface area contributed by atoms with E-state index < -0.39 is 11.9 Å². The predicted octanol–water partition coefficient (Wildman–Crippen LogP) is 5.16. The second-order valence-corrected chi connectivity index (χ2v) is 7.23. The Morgan fingerprint density at radius 3 is 2.03 bits per heavy atom. The molecule has 0 atom stereocenters. The average Bonchev–Trinajstić information content (AvgIpc) is 2.75. The number of hydrogen-bond donors (Lipinski definition) is 0. The smallest absolute Gasteiger partial charge is 0.338 e. The number of halogens is 3. The average molecular weight is 551 g/mol. The van der Waals surface area contributed by atoms with Gasteiger partial charge in [-0.25, -0.2) is 9.59 Å². The summed E-state index contributed by atoms with van der Waals surface area (Å²) in [7, 11) is 2.64. The molecule has 2 aromatic carbocycles. The molecule has 0 radical (unpaired) electrons. The first-order chi connectivity index (χ1) is 13.9. The number of methoxy groups -OCH3 is 2. The summed E-state index contributed by atoms with van der Waals surface area (Å²) in [6.07, 6.45) is 0. The maximum atomic E-state index is 11.9. The van der Waals surface area contributed by atoms with Crippen LogP contribution in [0.25, 0.3) is 0 Å². The molecular formula is C20H19Br2ClO6. The lowest BCUT2D eigenvalue weighted by molar-refractivity contribution is 0.0590. The van der Waals surface area contributed by atoms with Crippen molar-refractivity contribution in [2.24, 2.45) is 0 Å². The van der Waals surface area contributed by atoms with Crippen LogP contribution in [0.2, 0.25) is 5.02 Å². The van der Waals surface area contributed by atoms with Gasteiger partial charge in [-0.05, 0) is 35.4 Å². The summed E-state index contributed by atoms with van der Waals surface area (Å²) in [6, 6.07) is 8.39. The molecule has 0 aromatic heterocycles. The van der Waals surface area contributed by atoms with Gasteiger partial charge in [0.15, 0.2) is 0 Å².